The van der Waals surface area contributed by atoms with Crippen LogP contribution in [0.2, 0.25) is 5.02 Å². The van der Waals surface area contributed by atoms with E-state index in [2.05, 4.69) is 4.99 Å². The summed E-state index contributed by atoms with van der Waals surface area (Å²) in [6.45, 7) is 3.53. The molecule has 1 unspecified atom stereocenters. The number of phenolic OH excluding ortho intramolecular Hbond substituents is 1. The van der Waals surface area contributed by atoms with Gasteiger partial charge in [0, 0.05) is 11.1 Å². The van der Waals surface area contributed by atoms with Crippen LogP contribution in [-0.2, 0) is 9.53 Å². The molecule has 1 aliphatic rings. The maximum atomic E-state index is 13.5. The quantitative estimate of drug-likeness (QED) is 0.327. The van der Waals surface area contributed by atoms with Gasteiger partial charge in [-0.3, -0.25) is 19.5 Å². The summed E-state index contributed by atoms with van der Waals surface area (Å²) in [5, 5.41) is 21.4. The Balaban J connectivity index is 1.94. The number of carbonyl (C=O) groups is 1. The van der Waals surface area contributed by atoms with E-state index in [0.29, 0.717) is 26.6 Å². The van der Waals surface area contributed by atoms with Crippen molar-refractivity contribution >= 4 is 40.7 Å². The molecule has 1 atom stereocenters. The molecule has 0 saturated carbocycles. The number of fused-ring (bicyclic) bond motifs is 1. The monoisotopic (exact) mass is 499 g/mol. The second-order valence-corrected chi connectivity index (χ2v) is 8.80. The third kappa shape index (κ3) is 4.25. The largest absolute Gasteiger partial charge is 0.502 e. The van der Waals surface area contributed by atoms with Crippen LogP contribution in [0.1, 0.15) is 31.0 Å². The van der Waals surface area contributed by atoms with Crippen LogP contribution >= 0.6 is 22.9 Å². The normalized spacial score (nSPS) is 15.6. The maximum absolute atomic E-state index is 13.5. The van der Waals surface area contributed by atoms with Gasteiger partial charge < -0.3 is 9.84 Å². The summed E-state index contributed by atoms with van der Waals surface area (Å²) >= 11 is 7.13. The first-order valence-corrected chi connectivity index (χ1v) is 11.3. The molecule has 0 radical (unpaired) electrons. The molecule has 2 heterocycles. The van der Waals surface area contributed by atoms with E-state index in [9.17, 15) is 24.8 Å². The van der Waals surface area contributed by atoms with Gasteiger partial charge in [0.25, 0.3) is 5.56 Å². The van der Waals surface area contributed by atoms with Gasteiger partial charge >= 0.3 is 11.7 Å². The zero-order valence-corrected chi connectivity index (χ0v) is 19.6. The summed E-state index contributed by atoms with van der Waals surface area (Å²) in [5.41, 5.74) is 0.776. The van der Waals surface area contributed by atoms with Gasteiger partial charge in [-0.1, -0.05) is 41.1 Å². The van der Waals surface area contributed by atoms with Crippen molar-refractivity contribution in [3.63, 3.8) is 0 Å². The van der Waals surface area contributed by atoms with Gasteiger partial charge in [0.15, 0.2) is 10.6 Å². The van der Waals surface area contributed by atoms with Crippen molar-refractivity contribution in [2.45, 2.75) is 19.9 Å². The Morgan fingerprint density at radius 1 is 1.32 bits per heavy atom. The Bertz CT molecular complexity index is 1520. The van der Waals surface area contributed by atoms with Crippen molar-refractivity contribution in [3.05, 3.63) is 99.7 Å². The average Bonchev–Trinajstić information content (AvgIpc) is 3.09. The number of nitrogens with zero attached hydrogens (tertiary/aromatic N) is 3. The van der Waals surface area contributed by atoms with Crippen molar-refractivity contribution in [2.75, 3.05) is 6.61 Å². The Morgan fingerprint density at radius 2 is 2.03 bits per heavy atom. The van der Waals surface area contributed by atoms with Crippen LogP contribution < -0.4 is 14.9 Å². The molecule has 2 aromatic carbocycles. The highest BCUT2D eigenvalue weighted by Crippen LogP contribution is 2.31. The standard InChI is InChI=1S/C23H18ClN3O6S/c1-3-33-22(30)19-12(2)25-23-26(20(19)14-5-7-15(24)8-6-14)21(29)18(34-23)11-13-4-9-17(28)16(10-13)27(31)32/h4-11,20,28H,3H2,1-2H3/b18-11-. The molecule has 3 aromatic rings. The van der Waals surface area contributed by atoms with Gasteiger partial charge in [0.2, 0.25) is 0 Å². The molecule has 11 heteroatoms. The molecule has 1 aromatic heterocycles. The fraction of sp³-hybridized carbons (Fsp3) is 0.174. The number of phenols is 1. The molecule has 0 saturated heterocycles. The van der Waals surface area contributed by atoms with E-state index < -0.39 is 33.9 Å². The summed E-state index contributed by atoms with van der Waals surface area (Å²) < 4.78 is 6.91. The number of hydrogen-bond donors (Lipinski definition) is 1. The fourth-order valence-corrected chi connectivity index (χ4v) is 4.85. The van der Waals surface area contributed by atoms with E-state index in [1.54, 1.807) is 38.1 Å². The Morgan fingerprint density at radius 3 is 2.68 bits per heavy atom. The number of ether oxygens (including phenoxy) is 1. The van der Waals surface area contributed by atoms with Gasteiger partial charge in [-0.25, -0.2) is 9.79 Å². The summed E-state index contributed by atoms with van der Waals surface area (Å²) in [4.78, 5) is 41.6. The molecule has 34 heavy (non-hydrogen) atoms. The summed E-state index contributed by atoms with van der Waals surface area (Å²) in [5.74, 6) is -1.05. The minimum absolute atomic E-state index is 0.160. The van der Waals surface area contributed by atoms with Crippen molar-refractivity contribution < 1.29 is 19.6 Å². The number of allylic oxidation sites excluding steroid dienone is 1. The highest BCUT2D eigenvalue weighted by Gasteiger charge is 2.33. The third-order valence-corrected chi connectivity index (χ3v) is 6.43. The molecule has 4 rings (SSSR count). The third-order valence-electron chi connectivity index (χ3n) is 5.20. The van der Waals surface area contributed by atoms with Gasteiger partial charge in [-0.15, -0.1) is 0 Å². The number of benzene rings is 2. The lowest BCUT2D eigenvalue weighted by Gasteiger charge is -2.24. The molecule has 0 fully saturated rings. The number of nitro benzene ring substituents is 1. The lowest BCUT2D eigenvalue weighted by Crippen LogP contribution is -2.39. The van der Waals surface area contributed by atoms with Crippen molar-refractivity contribution in [3.8, 4) is 5.75 Å². The molecule has 0 spiro atoms. The van der Waals surface area contributed by atoms with E-state index in [-0.39, 0.29) is 16.7 Å². The van der Waals surface area contributed by atoms with Gasteiger partial charge in [-0.05, 0) is 49.2 Å². The maximum Gasteiger partial charge on any atom is 0.338 e. The number of rotatable bonds is 5. The Hall–Kier alpha value is -3.76. The van der Waals surface area contributed by atoms with Gasteiger partial charge in [0.1, 0.15) is 0 Å². The summed E-state index contributed by atoms with van der Waals surface area (Å²) in [7, 11) is 0. The summed E-state index contributed by atoms with van der Waals surface area (Å²) in [6.07, 6.45) is 1.48. The second-order valence-electron chi connectivity index (χ2n) is 7.36. The van der Waals surface area contributed by atoms with Crippen LogP contribution in [0.3, 0.4) is 0 Å². The van der Waals surface area contributed by atoms with Crippen LogP contribution in [0.15, 0.2) is 63.5 Å². The van der Waals surface area contributed by atoms with Crippen molar-refractivity contribution in [1.82, 2.24) is 4.57 Å². The smallest absolute Gasteiger partial charge is 0.338 e. The minimum Gasteiger partial charge on any atom is -0.502 e. The van der Waals surface area contributed by atoms with E-state index in [0.717, 1.165) is 11.3 Å². The lowest BCUT2D eigenvalue weighted by atomic mass is 9.96. The highest BCUT2D eigenvalue weighted by molar-refractivity contribution is 7.07. The van der Waals surface area contributed by atoms with Crippen LogP contribution in [0, 0.1) is 10.1 Å². The molecule has 0 aliphatic carbocycles. The Kier molecular flexibility index (Phi) is 6.36. The molecule has 9 nitrogen and oxygen atoms in total. The van der Waals surface area contributed by atoms with E-state index in [1.807, 2.05) is 0 Å². The first-order valence-electron chi connectivity index (χ1n) is 10.1. The molecule has 0 bridgehead atoms. The molecular formula is C23H18ClN3O6S. The number of hydrogen-bond acceptors (Lipinski definition) is 8. The van der Waals surface area contributed by atoms with Crippen LogP contribution in [0.5, 0.6) is 5.75 Å². The molecule has 174 valence electrons. The van der Waals surface area contributed by atoms with E-state index in [4.69, 9.17) is 16.3 Å². The zero-order chi connectivity index (χ0) is 24.6. The SMILES string of the molecule is CCOC(=O)C1=C(C)N=c2s/c(=C\c3ccc(O)c([N+](=O)[O-])c3)c(=O)n2C1c1ccc(Cl)cc1. The topological polar surface area (TPSA) is 124 Å². The molecule has 0 amide bonds. The number of carbonyl (C=O) groups excluding carboxylic acids is 1. The Labute approximate surface area is 201 Å². The van der Waals surface area contributed by atoms with Gasteiger partial charge in [0.05, 0.1) is 33.4 Å². The molecular weight excluding hydrogens is 482 g/mol. The zero-order valence-electron chi connectivity index (χ0n) is 18.0. The molecule has 1 N–H and O–H groups in total. The number of nitro groups is 1. The predicted octanol–water partition coefficient (Wildman–Crippen LogP) is 3.07. The first-order chi connectivity index (χ1) is 16.2. The van der Waals surface area contributed by atoms with Gasteiger partial charge in [-0.2, -0.15) is 0 Å². The van der Waals surface area contributed by atoms with Crippen LogP contribution in [0.25, 0.3) is 6.08 Å². The molecule has 1 aliphatic heterocycles. The number of aromatic hydroxyl groups is 1. The number of aromatic nitrogens is 1. The fourth-order valence-electron chi connectivity index (χ4n) is 3.68. The average molecular weight is 500 g/mol. The minimum atomic E-state index is -0.788. The van der Waals surface area contributed by atoms with E-state index in [1.165, 1.54) is 28.8 Å². The van der Waals surface area contributed by atoms with Crippen LogP contribution in [-0.4, -0.2) is 27.2 Å². The van der Waals surface area contributed by atoms with Crippen molar-refractivity contribution in [1.29, 1.82) is 0 Å². The second kappa shape index (κ2) is 9.24. The van der Waals surface area contributed by atoms with Crippen molar-refractivity contribution in [2.24, 2.45) is 4.99 Å². The number of esters is 1. The predicted molar refractivity (Wildman–Crippen MR) is 127 cm³/mol. The number of halogens is 1. The summed E-state index contributed by atoms with van der Waals surface area (Å²) in [6, 6.07) is 9.84. The highest BCUT2D eigenvalue weighted by atomic mass is 35.5. The first kappa shape index (κ1) is 23.4. The number of thiazole rings is 1. The van der Waals surface area contributed by atoms with E-state index >= 15 is 0 Å². The lowest BCUT2D eigenvalue weighted by molar-refractivity contribution is -0.385. The van der Waals surface area contributed by atoms with Crippen LogP contribution in [0.4, 0.5) is 5.69 Å².